The van der Waals surface area contributed by atoms with Crippen molar-refractivity contribution in [2.45, 2.75) is 33.1 Å². The van der Waals surface area contributed by atoms with E-state index in [0.29, 0.717) is 6.42 Å². The van der Waals surface area contributed by atoms with Crippen LogP contribution in [0.1, 0.15) is 30.5 Å². The minimum absolute atomic E-state index is 0.539. The van der Waals surface area contributed by atoms with Crippen molar-refractivity contribution >= 4 is 6.29 Å². The van der Waals surface area contributed by atoms with Gasteiger partial charge in [-0.3, -0.25) is 0 Å². The number of rotatable bonds is 4. The summed E-state index contributed by atoms with van der Waals surface area (Å²) < 4.78 is 0. The third-order valence-corrected chi connectivity index (χ3v) is 2.35. The molecule has 70 valence electrons. The van der Waals surface area contributed by atoms with Crippen molar-refractivity contribution in [2.75, 3.05) is 0 Å². The Bertz CT molecular complexity index is 289. The molecule has 0 aromatic heterocycles. The van der Waals surface area contributed by atoms with Crippen LogP contribution in [-0.2, 0) is 24.1 Å². The van der Waals surface area contributed by atoms with Crippen LogP contribution in [0.2, 0.25) is 0 Å². The van der Waals surface area contributed by atoms with Crippen LogP contribution in [0.15, 0.2) is 18.2 Å². The molecule has 0 saturated heterocycles. The predicted octanol–water partition coefficient (Wildman–Crippen LogP) is 2.55. The van der Waals surface area contributed by atoms with E-state index in [1.54, 1.807) is 0 Å². The number of carbonyl (C=O) groups is 1. The fourth-order valence-corrected chi connectivity index (χ4v) is 1.58. The Kier molecular flexibility index (Phi) is 3.69. The molecular weight excluding hydrogens is 160 g/mol. The second kappa shape index (κ2) is 4.80. The second-order valence-electron chi connectivity index (χ2n) is 3.18. The van der Waals surface area contributed by atoms with Crippen LogP contribution >= 0.6 is 0 Å². The number of hydrogen-bond donors (Lipinski definition) is 0. The summed E-state index contributed by atoms with van der Waals surface area (Å²) in [6, 6.07) is 6.33. The summed E-state index contributed by atoms with van der Waals surface area (Å²) in [5.41, 5.74) is 3.91. The van der Waals surface area contributed by atoms with Crippen LogP contribution in [0.25, 0.3) is 0 Å². The number of aldehydes is 1. The van der Waals surface area contributed by atoms with Crippen molar-refractivity contribution < 1.29 is 4.79 Å². The molecule has 0 fully saturated rings. The lowest BCUT2D eigenvalue weighted by molar-refractivity contribution is -0.107. The molecule has 1 nitrogen and oxygen atoms in total. The van der Waals surface area contributed by atoms with E-state index in [0.717, 1.165) is 24.7 Å². The average Bonchev–Trinajstić information content (AvgIpc) is 2.18. The molecule has 0 N–H and O–H groups in total. The smallest absolute Gasteiger partial charge is 0.124 e. The third-order valence-electron chi connectivity index (χ3n) is 2.35. The highest BCUT2D eigenvalue weighted by atomic mass is 16.1. The summed E-state index contributed by atoms with van der Waals surface area (Å²) in [6.45, 7) is 4.31. The molecule has 0 radical (unpaired) electrons. The Morgan fingerprint density at radius 1 is 1.15 bits per heavy atom. The highest BCUT2D eigenvalue weighted by Gasteiger charge is 1.99. The zero-order valence-corrected chi connectivity index (χ0v) is 8.34. The number of carbonyl (C=O) groups excluding carboxylic acids is 1. The first-order chi connectivity index (χ1) is 6.31. The van der Waals surface area contributed by atoms with Crippen LogP contribution in [0, 0.1) is 0 Å². The maximum Gasteiger partial charge on any atom is 0.124 e. The van der Waals surface area contributed by atoms with E-state index in [1.807, 2.05) is 6.07 Å². The number of hydrogen-bond acceptors (Lipinski definition) is 1. The highest BCUT2D eigenvalue weighted by Crippen LogP contribution is 2.13. The maximum absolute atomic E-state index is 10.3. The first-order valence-corrected chi connectivity index (χ1v) is 4.86. The van der Waals surface area contributed by atoms with Gasteiger partial charge in [0.2, 0.25) is 0 Å². The minimum Gasteiger partial charge on any atom is -0.303 e. The Hall–Kier alpha value is -1.11. The van der Waals surface area contributed by atoms with Crippen LogP contribution in [0.4, 0.5) is 0 Å². The molecule has 0 amide bonds. The summed E-state index contributed by atoms with van der Waals surface area (Å²) in [5.74, 6) is 0. The predicted molar refractivity (Wildman–Crippen MR) is 55.0 cm³/mol. The second-order valence-corrected chi connectivity index (χ2v) is 3.18. The van der Waals surface area contributed by atoms with Crippen molar-refractivity contribution in [1.82, 2.24) is 0 Å². The fourth-order valence-electron chi connectivity index (χ4n) is 1.58. The lowest BCUT2D eigenvalue weighted by atomic mass is 9.99. The summed E-state index contributed by atoms with van der Waals surface area (Å²) in [6.07, 6.45) is 3.62. The molecule has 0 aliphatic rings. The van der Waals surface area contributed by atoms with Gasteiger partial charge in [0.05, 0.1) is 0 Å². The average molecular weight is 176 g/mol. The van der Waals surface area contributed by atoms with E-state index in [-0.39, 0.29) is 0 Å². The van der Waals surface area contributed by atoms with Crippen molar-refractivity contribution in [2.24, 2.45) is 0 Å². The SMILES string of the molecule is CCc1ccc(CC=O)cc1CC. The van der Waals surface area contributed by atoms with Gasteiger partial charge in [-0.15, -0.1) is 0 Å². The fraction of sp³-hybridized carbons (Fsp3) is 0.417. The van der Waals surface area contributed by atoms with Gasteiger partial charge in [0.15, 0.2) is 0 Å². The van der Waals surface area contributed by atoms with Gasteiger partial charge in [-0.05, 0) is 29.5 Å². The molecule has 0 bridgehead atoms. The van der Waals surface area contributed by atoms with Crippen molar-refractivity contribution in [3.8, 4) is 0 Å². The lowest BCUT2D eigenvalue weighted by Gasteiger charge is -2.06. The van der Waals surface area contributed by atoms with Crippen LogP contribution < -0.4 is 0 Å². The standard InChI is InChI=1S/C12H16O/c1-3-11-6-5-10(7-8-13)9-12(11)4-2/h5-6,8-9H,3-4,7H2,1-2H3. The van der Waals surface area contributed by atoms with E-state index >= 15 is 0 Å². The van der Waals surface area contributed by atoms with Gasteiger partial charge >= 0.3 is 0 Å². The number of benzene rings is 1. The van der Waals surface area contributed by atoms with Crippen LogP contribution in [0.3, 0.4) is 0 Å². The first kappa shape index (κ1) is 9.97. The van der Waals surface area contributed by atoms with Gasteiger partial charge in [0, 0.05) is 6.42 Å². The topological polar surface area (TPSA) is 17.1 Å². The lowest BCUT2D eigenvalue weighted by Crippen LogP contribution is -1.94. The molecule has 0 saturated carbocycles. The Morgan fingerprint density at radius 3 is 2.38 bits per heavy atom. The van der Waals surface area contributed by atoms with Crippen molar-refractivity contribution in [1.29, 1.82) is 0 Å². The Balaban J connectivity index is 2.98. The molecule has 0 heterocycles. The zero-order chi connectivity index (χ0) is 9.68. The molecule has 1 aromatic rings. The minimum atomic E-state index is 0.539. The molecule has 0 unspecified atom stereocenters. The van der Waals surface area contributed by atoms with E-state index in [4.69, 9.17) is 0 Å². The molecule has 13 heavy (non-hydrogen) atoms. The van der Waals surface area contributed by atoms with Crippen LogP contribution in [0.5, 0.6) is 0 Å². The van der Waals surface area contributed by atoms with E-state index in [9.17, 15) is 4.79 Å². The number of aryl methyl sites for hydroxylation is 2. The van der Waals surface area contributed by atoms with Gasteiger partial charge in [0.25, 0.3) is 0 Å². The quantitative estimate of drug-likeness (QED) is 0.644. The molecule has 0 spiro atoms. The Labute approximate surface area is 79.8 Å². The molecule has 1 rings (SSSR count). The molecule has 1 aromatic carbocycles. The molecule has 0 aliphatic heterocycles. The maximum atomic E-state index is 10.3. The van der Waals surface area contributed by atoms with Gasteiger partial charge in [-0.1, -0.05) is 32.0 Å². The van der Waals surface area contributed by atoms with E-state index in [2.05, 4.69) is 26.0 Å². The summed E-state index contributed by atoms with van der Waals surface area (Å²) in [5, 5.41) is 0. The third kappa shape index (κ3) is 2.41. The van der Waals surface area contributed by atoms with E-state index in [1.165, 1.54) is 11.1 Å². The van der Waals surface area contributed by atoms with E-state index < -0.39 is 0 Å². The van der Waals surface area contributed by atoms with Crippen molar-refractivity contribution in [3.63, 3.8) is 0 Å². The molecule has 0 atom stereocenters. The molecular formula is C12H16O. The van der Waals surface area contributed by atoms with Gasteiger partial charge in [-0.2, -0.15) is 0 Å². The van der Waals surface area contributed by atoms with Gasteiger partial charge in [-0.25, -0.2) is 0 Å². The summed E-state index contributed by atoms with van der Waals surface area (Å²) >= 11 is 0. The Morgan fingerprint density at radius 2 is 1.85 bits per heavy atom. The van der Waals surface area contributed by atoms with Gasteiger partial charge in [0.1, 0.15) is 6.29 Å². The first-order valence-electron chi connectivity index (χ1n) is 4.86. The molecule has 1 heteroatoms. The molecule has 0 aliphatic carbocycles. The zero-order valence-electron chi connectivity index (χ0n) is 8.34. The summed E-state index contributed by atoms with van der Waals surface area (Å²) in [7, 11) is 0. The van der Waals surface area contributed by atoms with Crippen molar-refractivity contribution in [3.05, 3.63) is 34.9 Å². The van der Waals surface area contributed by atoms with Crippen LogP contribution in [-0.4, -0.2) is 6.29 Å². The van der Waals surface area contributed by atoms with Gasteiger partial charge < -0.3 is 4.79 Å². The monoisotopic (exact) mass is 176 g/mol. The summed E-state index contributed by atoms with van der Waals surface area (Å²) in [4.78, 5) is 10.3. The largest absolute Gasteiger partial charge is 0.303 e. The highest BCUT2D eigenvalue weighted by molar-refractivity contribution is 5.55. The normalized spacial score (nSPS) is 10.0.